The van der Waals surface area contributed by atoms with Crippen molar-refractivity contribution in [3.63, 3.8) is 0 Å². The van der Waals surface area contributed by atoms with Gasteiger partial charge in [0.1, 0.15) is 17.3 Å². The van der Waals surface area contributed by atoms with Gasteiger partial charge in [0.05, 0.1) is 6.61 Å². The van der Waals surface area contributed by atoms with Gasteiger partial charge in [-0.1, -0.05) is 0 Å². The molecule has 1 saturated heterocycles. The van der Waals surface area contributed by atoms with E-state index in [4.69, 9.17) is 4.74 Å². The Morgan fingerprint density at radius 1 is 1.29 bits per heavy atom. The van der Waals surface area contributed by atoms with Crippen LogP contribution in [0.3, 0.4) is 0 Å². The summed E-state index contributed by atoms with van der Waals surface area (Å²) < 4.78 is 33.6. The van der Waals surface area contributed by atoms with Crippen molar-refractivity contribution < 1.29 is 13.5 Å². The highest BCUT2D eigenvalue weighted by atomic mass is 19.1. The topological polar surface area (TPSA) is 24.5 Å². The second-order valence-corrected chi connectivity index (χ2v) is 6.06. The van der Waals surface area contributed by atoms with Crippen LogP contribution in [0.4, 0.5) is 14.5 Å². The Kier molecular flexibility index (Phi) is 4.40. The first-order valence-corrected chi connectivity index (χ1v) is 7.63. The molecule has 2 fully saturated rings. The van der Waals surface area contributed by atoms with Crippen LogP contribution >= 0.6 is 0 Å². The summed E-state index contributed by atoms with van der Waals surface area (Å²) in [6.07, 6.45) is 3.34. The van der Waals surface area contributed by atoms with Gasteiger partial charge in [0.2, 0.25) is 0 Å². The second-order valence-electron chi connectivity index (χ2n) is 6.06. The van der Waals surface area contributed by atoms with E-state index in [-0.39, 0.29) is 5.69 Å². The highest BCUT2D eigenvalue weighted by Crippen LogP contribution is 2.42. The van der Waals surface area contributed by atoms with Gasteiger partial charge >= 0.3 is 0 Å². The molecule has 0 amide bonds. The van der Waals surface area contributed by atoms with Gasteiger partial charge in [-0.25, -0.2) is 8.78 Å². The molecule has 2 bridgehead atoms. The molecule has 0 spiro atoms. The summed E-state index contributed by atoms with van der Waals surface area (Å²) in [5.41, 5.74) is 0.803. The molecule has 1 aromatic carbocycles. The number of ether oxygens (including phenoxy) is 1. The highest BCUT2D eigenvalue weighted by Gasteiger charge is 2.39. The van der Waals surface area contributed by atoms with E-state index < -0.39 is 11.6 Å². The molecule has 3 nitrogen and oxygen atoms in total. The lowest BCUT2D eigenvalue weighted by molar-refractivity contribution is 0.199. The van der Waals surface area contributed by atoms with Crippen LogP contribution in [-0.4, -0.2) is 32.8 Å². The van der Waals surface area contributed by atoms with Gasteiger partial charge in [0, 0.05) is 32.8 Å². The average molecular weight is 296 g/mol. The summed E-state index contributed by atoms with van der Waals surface area (Å²) in [7, 11) is 1.62. The molecule has 2 aliphatic rings. The maximum absolute atomic E-state index is 14.3. The first kappa shape index (κ1) is 14.7. The first-order chi connectivity index (χ1) is 10.2. The molecule has 1 aromatic rings. The van der Waals surface area contributed by atoms with E-state index in [2.05, 4.69) is 5.32 Å². The number of methoxy groups -OCH3 is 1. The predicted octanol–water partition coefficient (Wildman–Crippen LogP) is 2.69. The molecule has 0 radical (unpaired) electrons. The molecular weight excluding hydrogens is 274 g/mol. The summed E-state index contributed by atoms with van der Waals surface area (Å²) in [4.78, 5) is 1.93. The molecule has 1 aliphatic carbocycles. The number of nitrogens with zero attached hydrogens (tertiary/aromatic N) is 1. The van der Waals surface area contributed by atoms with E-state index in [0.717, 1.165) is 19.4 Å². The predicted molar refractivity (Wildman–Crippen MR) is 78.4 cm³/mol. The lowest BCUT2D eigenvalue weighted by atomic mass is 10.1. The molecule has 3 rings (SSSR count). The number of rotatable bonds is 6. The molecule has 5 heteroatoms. The van der Waals surface area contributed by atoms with Gasteiger partial charge < -0.3 is 15.0 Å². The van der Waals surface area contributed by atoms with Crippen molar-refractivity contribution in [2.45, 2.75) is 31.8 Å². The monoisotopic (exact) mass is 296 g/mol. The highest BCUT2D eigenvalue weighted by molar-refractivity contribution is 5.53. The van der Waals surface area contributed by atoms with Crippen LogP contribution in [-0.2, 0) is 11.3 Å². The van der Waals surface area contributed by atoms with E-state index in [1.54, 1.807) is 7.11 Å². The van der Waals surface area contributed by atoms with Crippen LogP contribution in [0.1, 0.15) is 24.8 Å². The molecule has 1 aliphatic heterocycles. The molecule has 1 N–H and O–H groups in total. The number of fused-ring (bicyclic) bond motifs is 2. The third kappa shape index (κ3) is 3.04. The Labute approximate surface area is 124 Å². The first-order valence-electron chi connectivity index (χ1n) is 7.63. The molecule has 21 heavy (non-hydrogen) atoms. The number of benzene rings is 1. The normalized spacial score (nSPS) is 24.0. The van der Waals surface area contributed by atoms with Gasteiger partial charge in [0.25, 0.3) is 0 Å². The molecule has 116 valence electrons. The number of anilines is 1. The summed E-state index contributed by atoms with van der Waals surface area (Å²) in [6, 6.07) is 3.22. The molecule has 0 aromatic heterocycles. The smallest absolute Gasteiger partial charge is 0.149 e. The average Bonchev–Trinajstić information content (AvgIpc) is 3.06. The van der Waals surface area contributed by atoms with E-state index in [0.29, 0.717) is 37.2 Å². The zero-order valence-electron chi connectivity index (χ0n) is 12.4. The van der Waals surface area contributed by atoms with Crippen molar-refractivity contribution in [1.29, 1.82) is 0 Å². The van der Waals surface area contributed by atoms with E-state index in [1.807, 2.05) is 4.90 Å². The zero-order chi connectivity index (χ0) is 14.8. The second kappa shape index (κ2) is 6.28. The minimum atomic E-state index is -0.439. The SMILES string of the molecule is COCCNCc1cc(F)c(N2CC3CCC2C3)c(F)c1. The molecular formula is C16H22F2N2O. The summed E-state index contributed by atoms with van der Waals surface area (Å²) in [6.45, 7) is 2.49. The Balaban J connectivity index is 1.71. The standard InChI is InChI=1S/C16H22F2N2O/c1-21-5-4-19-9-12-7-14(17)16(15(18)8-12)20-10-11-2-3-13(20)6-11/h7-8,11,13,19H,2-6,9-10H2,1H3. The van der Waals surface area contributed by atoms with Gasteiger partial charge in [0.15, 0.2) is 0 Å². The fraction of sp³-hybridized carbons (Fsp3) is 0.625. The maximum Gasteiger partial charge on any atom is 0.149 e. The molecule has 2 atom stereocenters. The van der Waals surface area contributed by atoms with Crippen molar-refractivity contribution in [1.82, 2.24) is 5.32 Å². The number of nitrogens with one attached hydrogen (secondary N) is 1. The summed E-state index contributed by atoms with van der Waals surface area (Å²) in [5, 5.41) is 3.10. The van der Waals surface area contributed by atoms with Crippen molar-refractivity contribution in [2.75, 3.05) is 31.7 Å². The van der Waals surface area contributed by atoms with Gasteiger partial charge in [-0.3, -0.25) is 0 Å². The van der Waals surface area contributed by atoms with Crippen molar-refractivity contribution >= 4 is 5.69 Å². The van der Waals surface area contributed by atoms with Gasteiger partial charge in [-0.05, 0) is 42.9 Å². The van der Waals surface area contributed by atoms with Crippen LogP contribution in [0.2, 0.25) is 0 Å². The third-order valence-electron chi connectivity index (χ3n) is 4.59. The minimum absolute atomic E-state index is 0.169. The van der Waals surface area contributed by atoms with Crippen LogP contribution in [0, 0.1) is 17.6 Å². The zero-order valence-corrected chi connectivity index (χ0v) is 12.4. The van der Waals surface area contributed by atoms with Crippen molar-refractivity contribution in [3.05, 3.63) is 29.3 Å². The largest absolute Gasteiger partial charge is 0.383 e. The Hall–Kier alpha value is -1.20. The lowest BCUT2D eigenvalue weighted by Gasteiger charge is -2.30. The fourth-order valence-corrected chi connectivity index (χ4v) is 3.60. The minimum Gasteiger partial charge on any atom is -0.383 e. The summed E-state index contributed by atoms with van der Waals surface area (Å²) in [5.74, 6) is -0.263. The number of hydrogen-bond donors (Lipinski definition) is 1. The van der Waals surface area contributed by atoms with Crippen LogP contribution in [0.5, 0.6) is 0 Å². The van der Waals surface area contributed by atoms with Crippen LogP contribution in [0.15, 0.2) is 12.1 Å². The van der Waals surface area contributed by atoms with Gasteiger partial charge in [-0.15, -0.1) is 0 Å². The molecule has 1 heterocycles. The maximum atomic E-state index is 14.3. The number of piperidine rings is 1. The van der Waals surface area contributed by atoms with Crippen molar-refractivity contribution in [3.8, 4) is 0 Å². The van der Waals surface area contributed by atoms with E-state index >= 15 is 0 Å². The fourth-order valence-electron chi connectivity index (χ4n) is 3.60. The van der Waals surface area contributed by atoms with Crippen LogP contribution < -0.4 is 10.2 Å². The molecule has 1 saturated carbocycles. The lowest BCUT2D eigenvalue weighted by Crippen LogP contribution is -2.33. The van der Waals surface area contributed by atoms with E-state index in [9.17, 15) is 8.78 Å². The van der Waals surface area contributed by atoms with Crippen LogP contribution in [0.25, 0.3) is 0 Å². The summed E-state index contributed by atoms with van der Waals surface area (Å²) >= 11 is 0. The quantitative estimate of drug-likeness (QED) is 0.817. The van der Waals surface area contributed by atoms with E-state index in [1.165, 1.54) is 18.6 Å². The number of hydrogen-bond acceptors (Lipinski definition) is 3. The van der Waals surface area contributed by atoms with Gasteiger partial charge in [-0.2, -0.15) is 0 Å². The Morgan fingerprint density at radius 2 is 2.05 bits per heavy atom. The third-order valence-corrected chi connectivity index (χ3v) is 4.59. The Morgan fingerprint density at radius 3 is 2.62 bits per heavy atom. The number of halogens is 2. The Bertz CT molecular complexity index is 486. The van der Waals surface area contributed by atoms with Crippen molar-refractivity contribution in [2.24, 2.45) is 5.92 Å². The molecule has 2 unspecified atom stereocenters.